The zero-order valence-corrected chi connectivity index (χ0v) is 13.9. The van der Waals surface area contributed by atoms with Crippen LogP contribution in [0.25, 0.3) is 0 Å². The fourth-order valence-corrected chi connectivity index (χ4v) is 5.43. The fraction of sp³-hybridized carbons (Fsp3) is 0.750. The maximum atomic E-state index is 3.80. The van der Waals surface area contributed by atoms with Crippen LogP contribution in [0.3, 0.4) is 0 Å². The zero-order chi connectivity index (χ0) is 13.1. The smallest absolute Gasteiger partial charge is 0.0701 e. The summed E-state index contributed by atoms with van der Waals surface area (Å²) in [5, 5.41) is 3.80. The summed E-state index contributed by atoms with van der Waals surface area (Å²) >= 11 is 5.41. The highest BCUT2D eigenvalue weighted by Crippen LogP contribution is 2.40. The molecule has 2 saturated carbocycles. The van der Waals surface area contributed by atoms with Crippen LogP contribution in [-0.4, -0.2) is 12.6 Å². The summed E-state index contributed by atoms with van der Waals surface area (Å²) < 4.78 is 1.25. The quantitative estimate of drug-likeness (QED) is 0.812. The van der Waals surface area contributed by atoms with Gasteiger partial charge in [-0.1, -0.05) is 25.7 Å². The van der Waals surface area contributed by atoms with Gasteiger partial charge in [0.05, 0.1) is 3.79 Å². The second-order valence-electron chi connectivity index (χ2n) is 6.22. The Bertz CT molecular complexity index is 403. The molecule has 3 atom stereocenters. The summed E-state index contributed by atoms with van der Waals surface area (Å²) in [5.41, 5.74) is 0. The highest BCUT2D eigenvalue weighted by atomic mass is 79.9. The molecule has 3 unspecified atom stereocenters. The van der Waals surface area contributed by atoms with Crippen molar-refractivity contribution in [1.29, 1.82) is 0 Å². The van der Waals surface area contributed by atoms with Crippen molar-refractivity contribution in [2.45, 2.75) is 57.4 Å². The number of nitrogens with one attached hydrogen (secondary N) is 1. The van der Waals surface area contributed by atoms with E-state index in [1.807, 2.05) is 11.3 Å². The Hall–Kier alpha value is 0.140. The SMILES string of the molecule is Brc1ccc(CCNC2CCC3CCCCC3C2)s1. The molecule has 0 spiro atoms. The molecular formula is C16H24BrNS. The number of rotatable bonds is 4. The Morgan fingerprint density at radius 3 is 2.74 bits per heavy atom. The van der Waals surface area contributed by atoms with Crippen LogP contribution in [0.5, 0.6) is 0 Å². The first kappa shape index (κ1) is 14.1. The standard InChI is InChI=1S/C16H24BrNS/c17-16-8-7-15(19-16)9-10-18-14-6-5-12-3-1-2-4-13(12)11-14/h7-8,12-14,18H,1-6,9-11H2. The Morgan fingerprint density at radius 1 is 1.11 bits per heavy atom. The number of hydrogen-bond acceptors (Lipinski definition) is 2. The van der Waals surface area contributed by atoms with Gasteiger partial charge in [0.15, 0.2) is 0 Å². The van der Waals surface area contributed by atoms with E-state index in [9.17, 15) is 0 Å². The molecule has 1 aromatic heterocycles. The van der Waals surface area contributed by atoms with Crippen molar-refractivity contribution in [1.82, 2.24) is 5.32 Å². The highest BCUT2D eigenvalue weighted by Gasteiger charge is 2.31. The molecule has 0 aliphatic heterocycles. The lowest BCUT2D eigenvalue weighted by atomic mass is 9.69. The molecule has 2 fully saturated rings. The van der Waals surface area contributed by atoms with Gasteiger partial charge in [-0.2, -0.15) is 0 Å². The molecule has 3 rings (SSSR count). The van der Waals surface area contributed by atoms with E-state index in [1.165, 1.54) is 60.0 Å². The average Bonchev–Trinajstić information content (AvgIpc) is 2.84. The summed E-state index contributed by atoms with van der Waals surface area (Å²) in [4.78, 5) is 1.49. The molecule has 19 heavy (non-hydrogen) atoms. The molecule has 0 radical (unpaired) electrons. The third-order valence-electron chi connectivity index (χ3n) is 4.97. The van der Waals surface area contributed by atoms with E-state index in [0.29, 0.717) is 0 Å². The molecule has 0 bridgehead atoms. The molecular weight excluding hydrogens is 318 g/mol. The van der Waals surface area contributed by atoms with Crippen molar-refractivity contribution in [3.8, 4) is 0 Å². The van der Waals surface area contributed by atoms with Crippen LogP contribution in [0.4, 0.5) is 0 Å². The molecule has 1 N–H and O–H groups in total. The number of thiophene rings is 1. The second-order valence-corrected chi connectivity index (χ2v) is 8.77. The van der Waals surface area contributed by atoms with Crippen LogP contribution in [0.1, 0.15) is 49.8 Å². The molecule has 106 valence electrons. The molecule has 2 aliphatic rings. The summed E-state index contributed by atoms with van der Waals surface area (Å²) in [7, 11) is 0. The monoisotopic (exact) mass is 341 g/mol. The average molecular weight is 342 g/mol. The zero-order valence-electron chi connectivity index (χ0n) is 11.5. The van der Waals surface area contributed by atoms with Crippen molar-refractivity contribution >= 4 is 27.3 Å². The third-order valence-corrected chi connectivity index (χ3v) is 6.66. The maximum Gasteiger partial charge on any atom is 0.0701 e. The van der Waals surface area contributed by atoms with E-state index in [0.717, 1.165) is 24.4 Å². The third kappa shape index (κ3) is 3.83. The second kappa shape index (κ2) is 6.73. The van der Waals surface area contributed by atoms with Gasteiger partial charge in [0.2, 0.25) is 0 Å². The van der Waals surface area contributed by atoms with E-state index in [-0.39, 0.29) is 0 Å². The van der Waals surface area contributed by atoms with Crippen LogP contribution in [-0.2, 0) is 6.42 Å². The molecule has 1 nitrogen and oxygen atoms in total. The van der Waals surface area contributed by atoms with Gasteiger partial charge < -0.3 is 5.32 Å². The molecule has 0 aromatic carbocycles. The van der Waals surface area contributed by atoms with E-state index in [1.54, 1.807) is 0 Å². The fourth-order valence-electron chi connectivity index (χ4n) is 3.94. The first-order chi connectivity index (χ1) is 9.31. The van der Waals surface area contributed by atoms with Gasteiger partial charge >= 0.3 is 0 Å². The van der Waals surface area contributed by atoms with Gasteiger partial charge in [-0.15, -0.1) is 11.3 Å². The minimum Gasteiger partial charge on any atom is -0.314 e. The first-order valence-electron chi connectivity index (χ1n) is 7.79. The Balaban J connectivity index is 1.41. The molecule has 3 heteroatoms. The van der Waals surface area contributed by atoms with Crippen molar-refractivity contribution in [2.24, 2.45) is 11.8 Å². The molecule has 0 amide bonds. The summed E-state index contributed by atoms with van der Waals surface area (Å²) in [6.45, 7) is 1.15. The van der Waals surface area contributed by atoms with Gasteiger partial charge in [-0.25, -0.2) is 0 Å². The highest BCUT2D eigenvalue weighted by molar-refractivity contribution is 9.11. The van der Waals surface area contributed by atoms with Gasteiger partial charge in [-0.05, 0) is 65.6 Å². The summed E-state index contributed by atoms with van der Waals surface area (Å²) in [6, 6.07) is 5.20. The largest absolute Gasteiger partial charge is 0.314 e. The summed E-state index contributed by atoms with van der Waals surface area (Å²) in [6.07, 6.45) is 11.5. The van der Waals surface area contributed by atoms with Gasteiger partial charge in [-0.3, -0.25) is 0 Å². The topological polar surface area (TPSA) is 12.0 Å². The van der Waals surface area contributed by atoms with Crippen LogP contribution in [0.15, 0.2) is 15.9 Å². The summed E-state index contributed by atoms with van der Waals surface area (Å²) in [5.74, 6) is 2.11. The lowest BCUT2D eigenvalue weighted by molar-refractivity contribution is 0.144. The lowest BCUT2D eigenvalue weighted by Crippen LogP contribution is -2.39. The minimum atomic E-state index is 0.794. The predicted octanol–water partition coefficient (Wildman–Crippen LogP) is 5.00. The van der Waals surface area contributed by atoms with Crippen molar-refractivity contribution in [3.05, 3.63) is 20.8 Å². The number of halogens is 1. The lowest BCUT2D eigenvalue weighted by Gasteiger charge is -2.39. The molecule has 0 saturated heterocycles. The van der Waals surface area contributed by atoms with Crippen LogP contribution >= 0.6 is 27.3 Å². The Kier molecular flexibility index (Phi) is 4.99. The van der Waals surface area contributed by atoms with Crippen molar-refractivity contribution in [3.63, 3.8) is 0 Å². The predicted molar refractivity (Wildman–Crippen MR) is 86.8 cm³/mol. The molecule has 1 aromatic rings. The van der Waals surface area contributed by atoms with Crippen molar-refractivity contribution in [2.75, 3.05) is 6.54 Å². The van der Waals surface area contributed by atoms with Crippen molar-refractivity contribution < 1.29 is 0 Å². The minimum absolute atomic E-state index is 0.794. The van der Waals surface area contributed by atoms with Crippen LogP contribution in [0, 0.1) is 11.8 Å². The van der Waals surface area contributed by atoms with E-state index >= 15 is 0 Å². The van der Waals surface area contributed by atoms with Crippen LogP contribution in [0.2, 0.25) is 0 Å². The molecule has 2 aliphatic carbocycles. The normalized spacial score (nSPS) is 31.1. The van der Waals surface area contributed by atoms with E-state index in [4.69, 9.17) is 0 Å². The molecule has 1 heterocycles. The Labute approximate surface area is 129 Å². The maximum absolute atomic E-state index is 3.80. The van der Waals surface area contributed by atoms with E-state index in [2.05, 4.69) is 33.4 Å². The van der Waals surface area contributed by atoms with Crippen LogP contribution < -0.4 is 5.32 Å². The van der Waals surface area contributed by atoms with E-state index < -0.39 is 0 Å². The first-order valence-corrected chi connectivity index (χ1v) is 9.40. The number of hydrogen-bond donors (Lipinski definition) is 1. The number of fused-ring (bicyclic) bond motifs is 1. The Morgan fingerprint density at radius 2 is 1.95 bits per heavy atom. The van der Waals surface area contributed by atoms with Gasteiger partial charge in [0.25, 0.3) is 0 Å². The van der Waals surface area contributed by atoms with Gasteiger partial charge in [0, 0.05) is 17.5 Å². The van der Waals surface area contributed by atoms with Gasteiger partial charge in [0.1, 0.15) is 0 Å².